The second-order valence-corrected chi connectivity index (χ2v) is 5.67. The molecule has 0 spiro atoms. The summed E-state index contributed by atoms with van der Waals surface area (Å²) < 4.78 is 0. The third kappa shape index (κ3) is 2.37. The van der Waals surface area contributed by atoms with Crippen LogP contribution in [-0.4, -0.2) is 42.6 Å². The Balaban J connectivity index is 2.09. The van der Waals surface area contributed by atoms with Crippen molar-refractivity contribution in [3.8, 4) is 0 Å². The van der Waals surface area contributed by atoms with Gasteiger partial charge in [-0.05, 0) is 25.4 Å². The maximum Gasteiger partial charge on any atom is 0.137 e. The van der Waals surface area contributed by atoms with Crippen LogP contribution in [0.4, 0.5) is 5.82 Å². The fourth-order valence-electron chi connectivity index (χ4n) is 3.01. The molecule has 0 bridgehead atoms. The van der Waals surface area contributed by atoms with Crippen LogP contribution in [0.1, 0.15) is 12.6 Å². The van der Waals surface area contributed by atoms with E-state index in [1.165, 1.54) is 10.8 Å². The lowest BCUT2D eigenvalue weighted by Gasteiger charge is -2.39. The lowest BCUT2D eigenvalue weighted by atomic mass is 10.1. The molecule has 2 heterocycles. The van der Waals surface area contributed by atoms with Crippen molar-refractivity contribution in [3.63, 3.8) is 0 Å². The molecule has 1 unspecified atom stereocenters. The molecule has 3 rings (SSSR count). The monoisotopic (exact) mass is 270 g/mol. The molecule has 0 amide bonds. The third-order valence-corrected chi connectivity index (χ3v) is 4.09. The van der Waals surface area contributed by atoms with Crippen molar-refractivity contribution >= 4 is 16.6 Å². The summed E-state index contributed by atoms with van der Waals surface area (Å²) >= 11 is 0. The first kappa shape index (κ1) is 13.3. The van der Waals surface area contributed by atoms with Gasteiger partial charge in [0.1, 0.15) is 5.82 Å². The molecule has 1 aromatic carbocycles. The van der Waals surface area contributed by atoms with E-state index in [1.54, 1.807) is 0 Å². The quantitative estimate of drug-likeness (QED) is 0.904. The van der Waals surface area contributed by atoms with E-state index in [1.807, 2.05) is 0 Å². The Bertz CT molecular complexity index is 610. The van der Waals surface area contributed by atoms with E-state index >= 15 is 0 Å². The van der Waals surface area contributed by atoms with Crippen LogP contribution in [0.3, 0.4) is 0 Å². The van der Waals surface area contributed by atoms with Gasteiger partial charge in [-0.25, -0.2) is 4.98 Å². The summed E-state index contributed by atoms with van der Waals surface area (Å²) in [5.74, 6) is 1.09. The Hall–Kier alpha value is -1.65. The van der Waals surface area contributed by atoms with Crippen LogP contribution in [0.15, 0.2) is 30.3 Å². The molecule has 0 radical (unpaired) electrons. The van der Waals surface area contributed by atoms with E-state index < -0.39 is 0 Å². The van der Waals surface area contributed by atoms with Crippen LogP contribution in [0.2, 0.25) is 0 Å². The Morgan fingerprint density at radius 3 is 2.85 bits per heavy atom. The first-order chi connectivity index (χ1) is 9.69. The van der Waals surface area contributed by atoms with Crippen LogP contribution in [0.5, 0.6) is 0 Å². The number of likely N-dealkylation sites (N-methyl/N-ethyl adjacent to an activating group) is 1. The van der Waals surface area contributed by atoms with Gasteiger partial charge in [-0.2, -0.15) is 0 Å². The van der Waals surface area contributed by atoms with Crippen LogP contribution in [0, 0.1) is 0 Å². The van der Waals surface area contributed by atoms with Gasteiger partial charge in [0.15, 0.2) is 0 Å². The summed E-state index contributed by atoms with van der Waals surface area (Å²) in [7, 11) is 2.18. The van der Waals surface area contributed by atoms with Crippen LogP contribution in [-0.2, 0) is 6.54 Å². The molecule has 4 heteroatoms. The number of piperazine rings is 1. The molecule has 1 fully saturated rings. The highest BCUT2D eigenvalue weighted by molar-refractivity contribution is 5.92. The standard InChI is InChI=1S/C16H22N4/c1-12-11-19(2)7-8-20(12)16-15-6-4-3-5-13(15)9-14(10-17)18-16/h3-6,9,12H,7-8,10-11,17H2,1-2H3. The number of hydrogen-bond donors (Lipinski definition) is 1. The summed E-state index contributed by atoms with van der Waals surface area (Å²) in [6, 6.07) is 11.0. The number of benzene rings is 1. The van der Waals surface area contributed by atoms with Gasteiger partial charge in [0.05, 0.1) is 5.69 Å². The molecule has 1 saturated heterocycles. The topological polar surface area (TPSA) is 45.4 Å². The second kappa shape index (κ2) is 5.38. The van der Waals surface area contributed by atoms with E-state index in [9.17, 15) is 0 Å². The number of fused-ring (bicyclic) bond motifs is 1. The maximum atomic E-state index is 5.81. The summed E-state index contributed by atoms with van der Waals surface area (Å²) in [6.07, 6.45) is 0. The smallest absolute Gasteiger partial charge is 0.137 e. The van der Waals surface area contributed by atoms with Gasteiger partial charge >= 0.3 is 0 Å². The van der Waals surface area contributed by atoms with Crippen LogP contribution < -0.4 is 10.6 Å². The van der Waals surface area contributed by atoms with Gasteiger partial charge in [0, 0.05) is 37.6 Å². The highest BCUT2D eigenvalue weighted by Gasteiger charge is 2.24. The zero-order chi connectivity index (χ0) is 14.1. The number of anilines is 1. The first-order valence-electron chi connectivity index (χ1n) is 7.23. The van der Waals surface area contributed by atoms with Crippen molar-refractivity contribution in [1.29, 1.82) is 0 Å². The molecule has 1 atom stereocenters. The van der Waals surface area contributed by atoms with Crippen molar-refractivity contribution in [2.45, 2.75) is 19.5 Å². The second-order valence-electron chi connectivity index (χ2n) is 5.67. The molecule has 1 aromatic heterocycles. The number of nitrogens with zero attached hydrogens (tertiary/aromatic N) is 3. The van der Waals surface area contributed by atoms with E-state index in [0.29, 0.717) is 12.6 Å². The van der Waals surface area contributed by atoms with Crippen molar-refractivity contribution in [2.24, 2.45) is 5.73 Å². The molecular weight excluding hydrogens is 248 g/mol. The minimum absolute atomic E-state index is 0.470. The molecule has 0 aliphatic carbocycles. The van der Waals surface area contributed by atoms with Gasteiger partial charge < -0.3 is 15.5 Å². The van der Waals surface area contributed by atoms with E-state index in [2.05, 4.69) is 54.1 Å². The molecule has 1 aliphatic heterocycles. The number of hydrogen-bond acceptors (Lipinski definition) is 4. The average molecular weight is 270 g/mol. The summed E-state index contributed by atoms with van der Waals surface area (Å²) in [6.45, 7) is 5.92. The molecule has 2 aromatic rings. The summed E-state index contributed by atoms with van der Waals surface area (Å²) in [5, 5.41) is 2.45. The van der Waals surface area contributed by atoms with Crippen molar-refractivity contribution < 1.29 is 0 Å². The lowest BCUT2D eigenvalue weighted by Crippen LogP contribution is -2.51. The predicted molar refractivity (Wildman–Crippen MR) is 83.9 cm³/mol. The van der Waals surface area contributed by atoms with Crippen molar-refractivity contribution in [3.05, 3.63) is 36.0 Å². The van der Waals surface area contributed by atoms with E-state index in [-0.39, 0.29) is 0 Å². The van der Waals surface area contributed by atoms with Gasteiger partial charge in [-0.3, -0.25) is 0 Å². The number of rotatable bonds is 2. The Kier molecular flexibility index (Phi) is 3.59. The molecular formula is C16H22N4. The maximum absolute atomic E-state index is 5.81. The number of nitrogens with two attached hydrogens (primary N) is 1. The zero-order valence-corrected chi connectivity index (χ0v) is 12.2. The first-order valence-corrected chi connectivity index (χ1v) is 7.23. The minimum atomic E-state index is 0.470. The molecule has 1 aliphatic rings. The van der Waals surface area contributed by atoms with Crippen LogP contribution >= 0.6 is 0 Å². The highest BCUT2D eigenvalue weighted by atomic mass is 15.3. The van der Waals surface area contributed by atoms with Gasteiger partial charge in [-0.15, -0.1) is 0 Å². The fourth-order valence-corrected chi connectivity index (χ4v) is 3.01. The Morgan fingerprint density at radius 1 is 1.30 bits per heavy atom. The normalized spacial score (nSPS) is 20.6. The largest absolute Gasteiger partial charge is 0.351 e. The van der Waals surface area contributed by atoms with Gasteiger partial charge in [0.25, 0.3) is 0 Å². The summed E-state index contributed by atoms with van der Waals surface area (Å²) in [5.41, 5.74) is 6.77. The number of pyridine rings is 1. The third-order valence-electron chi connectivity index (χ3n) is 4.09. The molecule has 4 nitrogen and oxygen atoms in total. The predicted octanol–water partition coefficient (Wildman–Crippen LogP) is 1.83. The Labute approximate surface area is 120 Å². The van der Waals surface area contributed by atoms with Gasteiger partial charge in [-0.1, -0.05) is 24.3 Å². The molecule has 0 saturated carbocycles. The fraction of sp³-hybridized carbons (Fsp3) is 0.438. The lowest BCUT2D eigenvalue weighted by molar-refractivity contribution is 0.275. The van der Waals surface area contributed by atoms with E-state index in [4.69, 9.17) is 10.7 Å². The van der Waals surface area contributed by atoms with Crippen LogP contribution in [0.25, 0.3) is 10.8 Å². The minimum Gasteiger partial charge on any atom is -0.351 e. The number of aromatic nitrogens is 1. The molecule has 20 heavy (non-hydrogen) atoms. The van der Waals surface area contributed by atoms with Crippen molar-refractivity contribution in [2.75, 3.05) is 31.6 Å². The van der Waals surface area contributed by atoms with Crippen molar-refractivity contribution in [1.82, 2.24) is 9.88 Å². The summed E-state index contributed by atoms with van der Waals surface area (Å²) in [4.78, 5) is 9.59. The molecule has 2 N–H and O–H groups in total. The van der Waals surface area contributed by atoms with E-state index in [0.717, 1.165) is 31.1 Å². The average Bonchev–Trinajstić information content (AvgIpc) is 2.46. The van der Waals surface area contributed by atoms with Gasteiger partial charge in [0.2, 0.25) is 0 Å². The molecule has 106 valence electrons. The highest BCUT2D eigenvalue weighted by Crippen LogP contribution is 2.28. The SMILES string of the molecule is CC1CN(C)CCN1c1nc(CN)cc2ccccc12. The zero-order valence-electron chi connectivity index (χ0n) is 12.2. The Morgan fingerprint density at radius 2 is 2.10 bits per heavy atom.